The lowest BCUT2D eigenvalue weighted by Gasteiger charge is -2.50. The van der Waals surface area contributed by atoms with Crippen molar-refractivity contribution in [1.29, 1.82) is 0 Å². The highest BCUT2D eigenvalue weighted by molar-refractivity contribution is 4.91. The summed E-state index contributed by atoms with van der Waals surface area (Å²) in [7, 11) is 0. The molecule has 0 aromatic heterocycles. The van der Waals surface area contributed by atoms with Crippen molar-refractivity contribution in [2.24, 2.45) is 11.8 Å². The maximum atomic E-state index is 2.80. The van der Waals surface area contributed by atoms with Crippen LogP contribution in [0.2, 0.25) is 0 Å². The van der Waals surface area contributed by atoms with Crippen LogP contribution < -0.4 is 0 Å². The van der Waals surface area contributed by atoms with Gasteiger partial charge in [-0.25, -0.2) is 0 Å². The van der Waals surface area contributed by atoms with Gasteiger partial charge in [0.15, 0.2) is 0 Å². The lowest BCUT2D eigenvalue weighted by atomic mass is 9.70. The van der Waals surface area contributed by atoms with Crippen LogP contribution in [0.15, 0.2) is 0 Å². The molecule has 0 aromatic rings. The Bertz CT molecular complexity index is 156. The second-order valence-electron chi connectivity index (χ2n) is 5.39. The van der Waals surface area contributed by atoms with Crippen molar-refractivity contribution in [2.75, 3.05) is 13.1 Å². The molecule has 2 saturated heterocycles. The van der Waals surface area contributed by atoms with E-state index >= 15 is 0 Å². The zero-order chi connectivity index (χ0) is 9.97. The van der Waals surface area contributed by atoms with Crippen molar-refractivity contribution in [3.8, 4) is 0 Å². The van der Waals surface area contributed by atoms with Gasteiger partial charge in [0.25, 0.3) is 0 Å². The average molecular weight is 195 g/mol. The Morgan fingerprint density at radius 2 is 1.50 bits per heavy atom. The van der Waals surface area contributed by atoms with E-state index in [4.69, 9.17) is 0 Å². The fourth-order valence-electron chi connectivity index (χ4n) is 3.38. The first kappa shape index (κ1) is 10.5. The number of hydrogen-bond acceptors (Lipinski definition) is 1. The fraction of sp³-hybridized carbons (Fsp3) is 1.00. The lowest BCUT2D eigenvalue weighted by Crippen LogP contribution is -2.52. The molecule has 0 amide bonds. The van der Waals surface area contributed by atoms with Crippen molar-refractivity contribution >= 4 is 0 Å². The van der Waals surface area contributed by atoms with Crippen LogP contribution >= 0.6 is 0 Å². The minimum atomic E-state index is 0.913. The zero-order valence-electron chi connectivity index (χ0n) is 9.84. The third kappa shape index (κ3) is 2.13. The zero-order valence-corrected chi connectivity index (χ0v) is 9.84. The molecule has 0 atom stereocenters. The number of nitrogens with zero attached hydrogens (tertiary/aromatic N) is 1. The molecular weight excluding hydrogens is 170 g/mol. The Balaban J connectivity index is 1.83. The molecule has 0 aromatic carbocycles. The molecule has 3 rings (SSSR count). The van der Waals surface area contributed by atoms with Crippen LogP contribution in [0.3, 0.4) is 0 Å². The molecule has 2 heterocycles. The van der Waals surface area contributed by atoms with Gasteiger partial charge in [-0.2, -0.15) is 0 Å². The summed E-state index contributed by atoms with van der Waals surface area (Å²) in [6.45, 7) is 7.49. The highest BCUT2D eigenvalue weighted by Gasteiger charge is 2.38. The Hall–Kier alpha value is -0.0400. The van der Waals surface area contributed by atoms with Crippen LogP contribution in [-0.2, 0) is 0 Å². The largest absolute Gasteiger partial charge is 0.300 e. The summed E-state index contributed by atoms with van der Waals surface area (Å²) >= 11 is 0. The van der Waals surface area contributed by atoms with Crippen molar-refractivity contribution in [2.45, 2.75) is 58.4 Å². The molecular formula is C13H25N. The van der Waals surface area contributed by atoms with Gasteiger partial charge in [-0.3, -0.25) is 4.90 Å². The molecule has 14 heavy (non-hydrogen) atoms. The molecule has 3 fully saturated rings. The summed E-state index contributed by atoms with van der Waals surface area (Å²) in [5.41, 5.74) is 0. The third-order valence-corrected chi connectivity index (χ3v) is 4.08. The summed E-state index contributed by atoms with van der Waals surface area (Å²) in [6, 6.07) is 0.913. The Kier molecular flexibility index (Phi) is 3.48. The molecule has 1 saturated carbocycles. The van der Waals surface area contributed by atoms with Crippen molar-refractivity contribution in [1.82, 2.24) is 4.90 Å². The molecule has 0 spiro atoms. The van der Waals surface area contributed by atoms with E-state index in [1.54, 1.807) is 12.8 Å². The van der Waals surface area contributed by atoms with Gasteiger partial charge in [0.1, 0.15) is 0 Å². The Morgan fingerprint density at radius 1 is 1.00 bits per heavy atom. The quantitative estimate of drug-likeness (QED) is 0.650. The molecule has 0 radical (unpaired) electrons. The van der Waals surface area contributed by atoms with Crippen LogP contribution in [0.1, 0.15) is 52.4 Å². The number of hydrogen-bond donors (Lipinski definition) is 0. The second-order valence-corrected chi connectivity index (χ2v) is 5.39. The van der Waals surface area contributed by atoms with Gasteiger partial charge in [0.05, 0.1) is 0 Å². The normalized spacial score (nSPS) is 31.9. The summed E-state index contributed by atoms with van der Waals surface area (Å²) in [5.74, 6) is 2.15. The average Bonchev–Trinajstić information content (AvgIpc) is 2.17. The van der Waals surface area contributed by atoms with Gasteiger partial charge >= 0.3 is 0 Å². The van der Waals surface area contributed by atoms with Crippen LogP contribution in [0.5, 0.6) is 0 Å². The van der Waals surface area contributed by atoms with E-state index in [1.807, 2.05) is 0 Å². The Labute approximate surface area is 88.9 Å². The van der Waals surface area contributed by atoms with Crippen molar-refractivity contribution < 1.29 is 0 Å². The molecule has 82 valence electrons. The summed E-state index contributed by atoms with van der Waals surface area (Å²) < 4.78 is 0. The van der Waals surface area contributed by atoms with Gasteiger partial charge in [-0.1, -0.05) is 26.7 Å². The molecule has 1 aliphatic carbocycles. The van der Waals surface area contributed by atoms with E-state index in [0.717, 1.165) is 17.9 Å². The van der Waals surface area contributed by atoms with E-state index in [2.05, 4.69) is 18.7 Å². The molecule has 2 bridgehead atoms. The monoisotopic (exact) mass is 195 g/mol. The molecule has 0 unspecified atom stereocenters. The van der Waals surface area contributed by atoms with E-state index < -0.39 is 0 Å². The minimum absolute atomic E-state index is 0.913. The molecule has 0 N–H and O–H groups in total. The standard InChI is InChI=1S/C13H25N/c1-3-5-13(6-4-2)14-9-11-7-12(8-11)10-14/h11-13H,3-10H2,1-2H3. The van der Waals surface area contributed by atoms with Crippen LogP contribution in [0.4, 0.5) is 0 Å². The second kappa shape index (κ2) is 4.65. The summed E-state index contributed by atoms with van der Waals surface area (Å²) in [5, 5.41) is 0. The highest BCUT2D eigenvalue weighted by atomic mass is 15.2. The SMILES string of the molecule is CCCC(CCC)N1CC2CC(C2)C1. The maximum Gasteiger partial charge on any atom is 0.00952 e. The van der Waals surface area contributed by atoms with Gasteiger partial charge in [-0.05, 0) is 37.5 Å². The minimum Gasteiger partial charge on any atom is -0.300 e. The molecule has 2 aliphatic heterocycles. The van der Waals surface area contributed by atoms with Crippen LogP contribution in [0, 0.1) is 11.8 Å². The smallest absolute Gasteiger partial charge is 0.00952 e. The predicted molar refractivity (Wildman–Crippen MR) is 61.4 cm³/mol. The number of rotatable bonds is 5. The fourth-order valence-corrected chi connectivity index (χ4v) is 3.38. The van der Waals surface area contributed by atoms with Crippen LogP contribution in [-0.4, -0.2) is 24.0 Å². The van der Waals surface area contributed by atoms with Gasteiger partial charge in [0, 0.05) is 19.1 Å². The van der Waals surface area contributed by atoms with E-state index in [9.17, 15) is 0 Å². The van der Waals surface area contributed by atoms with Crippen LogP contribution in [0.25, 0.3) is 0 Å². The number of fused-ring (bicyclic) bond motifs is 2. The first-order valence-electron chi connectivity index (χ1n) is 6.57. The van der Waals surface area contributed by atoms with Crippen molar-refractivity contribution in [3.05, 3.63) is 0 Å². The highest BCUT2D eigenvalue weighted by Crippen LogP contribution is 2.40. The first-order valence-corrected chi connectivity index (χ1v) is 6.57. The molecule has 1 heteroatoms. The van der Waals surface area contributed by atoms with E-state index in [-0.39, 0.29) is 0 Å². The predicted octanol–water partition coefficient (Wildman–Crippen LogP) is 3.30. The molecule has 1 nitrogen and oxygen atoms in total. The maximum absolute atomic E-state index is 2.80. The topological polar surface area (TPSA) is 3.24 Å². The third-order valence-electron chi connectivity index (χ3n) is 4.08. The van der Waals surface area contributed by atoms with Gasteiger partial charge < -0.3 is 0 Å². The summed E-state index contributed by atoms with van der Waals surface area (Å²) in [6.07, 6.45) is 8.65. The van der Waals surface area contributed by atoms with E-state index in [1.165, 1.54) is 38.8 Å². The van der Waals surface area contributed by atoms with Crippen molar-refractivity contribution in [3.63, 3.8) is 0 Å². The lowest BCUT2D eigenvalue weighted by molar-refractivity contribution is -0.00334. The first-order chi connectivity index (χ1) is 6.83. The van der Waals surface area contributed by atoms with E-state index in [0.29, 0.717) is 0 Å². The van der Waals surface area contributed by atoms with Gasteiger partial charge in [-0.15, -0.1) is 0 Å². The molecule has 3 aliphatic rings. The Morgan fingerprint density at radius 3 is 1.93 bits per heavy atom. The number of piperidine rings is 2. The summed E-state index contributed by atoms with van der Waals surface area (Å²) in [4.78, 5) is 2.80. The van der Waals surface area contributed by atoms with Gasteiger partial charge in [0.2, 0.25) is 0 Å².